The Bertz CT molecular complexity index is 1380. The maximum absolute atomic E-state index is 14.5. The van der Waals surface area contributed by atoms with Gasteiger partial charge in [-0.25, -0.2) is 12.8 Å². The van der Waals surface area contributed by atoms with Gasteiger partial charge in [0, 0.05) is 43.1 Å². The van der Waals surface area contributed by atoms with Gasteiger partial charge >= 0.3 is 0 Å². The normalized spacial score (nSPS) is 14.9. The second-order valence-corrected chi connectivity index (χ2v) is 11.7. The van der Waals surface area contributed by atoms with Crippen LogP contribution in [0, 0.1) is 5.82 Å². The second kappa shape index (κ2) is 10.8. The minimum Gasteiger partial charge on any atom is -0.339 e. The van der Waals surface area contributed by atoms with E-state index in [4.69, 9.17) is 23.2 Å². The number of sulfone groups is 1. The summed E-state index contributed by atoms with van der Waals surface area (Å²) in [5.74, 6) is -0.729. The van der Waals surface area contributed by atoms with Gasteiger partial charge in [0.25, 0.3) is 5.91 Å². The summed E-state index contributed by atoms with van der Waals surface area (Å²) in [4.78, 5) is 25.5. The maximum atomic E-state index is 14.5. The summed E-state index contributed by atoms with van der Waals surface area (Å²) >= 11 is 12.0. The van der Waals surface area contributed by atoms with Crippen LogP contribution in [0.15, 0.2) is 53.7 Å². The van der Waals surface area contributed by atoms with E-state index in [1.165, 1.54) is 18.3 Å². The minimum atomic E-state index is -3.49. The molecule has 0 radical (unpaired) electrons. The van der Waals surface area contributed by atoms with E-state index in [1.54, 1.807) is 24.4 Å². The monoisotopic (exact) mass is 550 g/mol. The Kier molecular flexibility index (Phi) is 7.94. The topological polar surface area (TPSA) is 83.5 Å². The lowest BCUT2D eigenvalue weighted by Crippen LogP contribution is -2.45. The zero-order chi connectivity index (χ0) is 26.0. The molecule has 2 aromatic carbocycles. The van der Waals surface area contributed by atoms with E-state index in [9.17, 15) is 17.6 Å². The molecule has 7 nitrogen and oxygen atoms in total. The molecule has 4 rings (SSSR count). The Labute approximate surface area is 219 Å². The molecule has 190 valence electrons. The lowest BCUT2D eigenvalue weighted by molar-refractivity contribution is 0.0638. The molecule has 0 spiro atoms. The molecule has 1 aliphatic heterocycles. The van der Waals surface area contributed by atoms with Crippen LogP contribution in [0.3, 0.4) is 0 Å². The fraction of sp³-hybridized carbons (Fsp3) is 0.320. The number of piperidine rings is 1. The molecule has 0 N–H and O–H groups in total. The number of halogens is 3. The third-order valence-electron chi connectivity index (χ3n) is 6.30. The molecule has 0 bridgehead atoms. The fourth-order valence-corrected chi connectivity index (χ4v) is 5.15. The van der Waals surface area contributed by atoms with Gasteiger partial charge in [-0.3, -0.25) is 19.7 Å². The number of nitrogens with zero attached hydrogens (tertiary/aromatic N) is 4. The molecule has 1 fully saturated rings. The highest BCUT2D eigenvalue weighted by Crippen LogP contribution is 2.26. The van der Waals surface area contributed by atoms with Crippen LogP contribution in [-0.2, 0) is 16.4 Å². The molecule has 36 heavy (non-hydrogen) atoms. The number of likely N-dealkylation sites (tertiary alicyclic amines) is 1. The molecular weight excluding hydrogens is 526 g/mol. The number of carbonyl (C=O) groups is 1. The molecule has 0 unspecified atom stereocenters. The smallest absolute Gasteiger partial charge is 0.253 e. The average molecular weight is 551 g/mol. The van der Waals surface area contributed by atoms with Crippen molar-refractivity contribution in [3.05, 3.63) is 75.9 Å². The van der Waals surface area contributed by atoms with Crippen LogP contribution in [0.25, 0.3) is 11.3 Å². The summed E-state index contributed by atoms with van der Waals surface area (Å²) in [7, 11) is -1.49. The van der Waals surface area contributed by atoms with Crippen molar-refractivity contribution in [1.29, 1.82) is 0 Å². The van der Waals surface area contributed by atoms with Gasteiger partial charge in [-0.1, -0.05) is 23.2 Å². The van der Waals surface area contributed by atoms with E-state index in [1.807, 2.05) is 11.9 Å². The van der Waals surface area contributed by atoms with E-state index in [2.05, 4.69) is 14.9 Å². The summed E-state index contributed by atoms with van der Waals surface area (Å²) in [6, 6.07) is 8.92. The van der Waals surface area contributed by atoms with Crippen molar-refractivity contribution in [2.24, 2.45) is 0 Å². The number of carbonyl (C=O) groups excluding carboxylic acids is 1. The van der Waals surface area contributed by atoms with Crippen molar-refractivity contribution < 1.29 is 17.6 Å². The zero-order valence-electron chi connectivity index (χ0n) is 19.8. The van der Waals surface area contributed by atoms with Gasteiger partial charge in [0.1, 0.15) is 5.82 Å². The molecule has 0 aliphatic carbocycles. The number of amides is 1. The van der Waals surface area contributed by atoms with E-state index in [-0.39, 0.29) is 22.4 Å². The van der Waals surface area contributed by atoms with Gasteiger partial charge in [0.15, 0.2) is 9.84 Å². The molecule has 1 amide bonds. The van der Waals surface area contributed by atoms with Crippen LogP contribution in [-0.4, -0.2) is 66.5 Å². The van der Waals surface area contributed by atoms with Crippen LogP contribution in [0.4, 0.5) is 4.39 Å². The predicted molar refractivity (Wildman–Crippen MR) is 137 cm³/mol. The van der Waals surface area contributed by atoms with Gasteiger partial charge in [-0.2, -0.15) is 0 Å². The Morgan fingerprint density at radius 1 is 1.08 bits per heavy atom. The Morgan fingerprint density at radius 3 is 2.39 bits per heavy atom. The zero-order valence-corrected chi connectivity index (χ0v) is 22.1. The van der Waals surface area contributed by atoms with Crippen LogP contribution in [0.1, 0.15) is 28.9 Å². The minimum absolute atomic E-state index is 0.0621. The highest BCUT2D eigenvalue weighted by atomic mass is 35.5. The van der Waals surface area contributed by atoms with Crippen molar-refractivity contribution in [2.75, 3.05) is 26.4 Å². The van der Waals surface area contributed by atoms with Crippen molar-refractivity contribution >= 4 is 38.9 Å². The summed E-state index contributed by atoms with van der Waals surface area (Å²) in [5.41, 5.74) is 1.76. The van der Waals surface area contributed by atoms with Crippen LogP contribution in [0.5, 0.6) is 0 Å². The van der Waals surface area contributed by atoms with Crippen LogP contribution >= 0.6 is 23.2 Å². The van der Waals surface area contributed by atoms with Crippen molar-refractivity contribution in [3.63, 3.8) is 0 Å². The van der Waals surface area contributed by atoms with Crippen molar-refractivity contribution in [1.82, 2.24) is 19.8 Å². The van der Waals surface area contributed by atoms with E-state index < -0.39 is 15.7 Å². The van der Waals surface area contributed by atoms with Crippen molar-refractivity contribution in [3.8, 4) is 11.3 Å². The molecule has 0 saturated carbocycles. The molecule has 0 atom stereocenters. The van der Waals surface area contributed by atoms with Gasteiger partial charge < -0.3 is 4.90 Å². The molecule has 11 heteroatoms. The fourth-order valence-electron chi connectivity index (χ4n) is 4.22. The molecular formula is C25H25Cl2FN4O3S. The molecule has 1 saturated heterocycles. The first kappa shape index (κ1) is 26.5. The quantitative estimate of drug-likeness (QED) is 0.441. The molecule has 3 aromatic rings. The summed E-state index contributed by atoms with van der Waals surface area (Å²) in [6.07, 6.45) is 5.74. The largest absolute Gasteiger partial charge is 0.339 e. The third-order valence-corrected chi connectivity index (χ3v) is 8.15. The third kappa shape index (κ3) is 6.03. The number of hydrogen-bond acceptors (Lipinski definition) is 6. The lowest BCUT2D eigenvalue weighted by atomic mass is 10.0. The van der Waals surface area contributed by atoms with E-state index in [0.29, 0.717) is 40.9 Å². The summed E-state index contributed by atoms with van der Waals surface area (Å²) < 4.78 is 37.7. The molecule has 1 aliphatic rings. The van der Waals surface area contributed by atoms with Gasteiger partial charge in [0.05, 0.1) is 38.7 Å². The number of rotatable bonds is 6. The Balaban J connectivity index is 1.34. The average Bonchev–Trinajstić information content (AvgIpc) is 2.85. The van der Waals surface area contributed by atoms with Crippen LogP contribution in [0.2, 0.25) is 10.0 Å². The Hall–Kier alpha value is -2.59. The maximum Gasteiger partial charge on any atom is 0.253 e. The first-order valence-corrected chi connectivity index (χ1v) is 13.9. The molecule has 1 aromatic heterocycles. The second-order valence-electron chi connectivity index (χ2n) is 8.87. The number of hydrogen-bond donors (Lipinski definition) is 0. The standard InChI is InChI=1S/C25H25Cl2FN4O3S/c1-31(18-7-9-32(10-8-18)25(33)16-3-6-21(26)22(27)11-16)15-17-13-30-24(14-29-17)20-5-4-19(12-23(20)28)36(2,34)35/h3-6,11-14,18H,7-10,15H2,1-2H3. The number of benzene rings is 2. The van der Waals surface area contributed by atoms with Gasteiger partial charge in [0.2, 0.25) is 0 Å². The van der Waals surface area contributed by atoms with Gasteiger partial charge in [-0.15, -0.1) is 0 Å². The predicted octanol–water partition coefficient (Wildman–Crippen LogP) is 4.73. The number of aromatic nitrogens is 2. The summed E-state index contributed by atoms with van der Waals surface area (Å²) in [6.45, 7) is 1.80. The van der Waals surface area contributed by atoms with Crippen molar-refractivity contribution in [2.45, 2.75) is 30.3 Å². The van der Waals surface area contributed by atoms with E-state index in [0.717, 1.165) is 30.9 Å². The first-order chi connectivity index (χ1) is 17.0. The Morgan fingerprint density at radius 2 is 1.81 bits per heavy atom. The van der Waals surface area contributed by atoms with Gasteiger partial charge in [-0.05, 0) is 56.3 Å². The SMILES string of the molecule is CN(Cc1cnc(-c2ccc(S(C)(=O)=O)cc2F)cn1)C1CCN(C(=O)c2ccc(Cl)c(Cl)c2)CC1. The first-order valence-electron chi connectivity index (χ1n) is 11.3. The van der Waals surface area contributed by atoms with Crippen LogP contribution < -0.4 is 0 Å². The lowest BCUT2D eigenvalue weighted by Gasteiger charge is -2.36. The highest BCUT2D eigenvalue weighted by molar-refractivity contribution is 7.90. The summed E-state index contributed by atoms with van der Waals surface area (Å²) in [5, 5.41) is 0.776. The molecule has 2 heterocycles. The van der Waals surface area contributed by atoms with E-state index >= 15 is 0 Å². The highest BCUT2D eigenvalue weighted by Gasteiger charge is 2.26.